The lowest BCUT2D eigenvalue weighted by molar-refractivity contribution is -0.141. The SMILES string of the molecule is CCCl.NCC(Cc1ccccc1)C(=O)O. The van der Waals surface area contributed by atoms with Gasteiger partial charge in [0, 0.05) is 12.4 Å². The monoisotopic (exact) mass is 243 g/mol. The van der Waals surface area contributed by atoms with Gasteiger partial charge in [-0.25, -0.2) is 0 Å². The van der Waals surface area contributed by atoms with Gasteiger partial charge in [-0.15, -0.1) is 11.6 Å². The molecular weight excluding hydrogens is 226 g/mol. The van der Waals surface area contributed by atoms with Gasteiger partial charge >= 0.3 is 5.97 Å². The molecule has 0 aliphatic rings. The standard InChI is InChI=1S/C10H13NO2.C2H5Cl/c11-7-9(10(12)13)6-8-4-2-1-3-5-8;1-2-3/h1-5,9H,6-7,11H2,(H,12,13);2H2,1H3. The second-order valence-corrected chi connectivity index (χ2v) is 3.76. The number of hydrogen-bond acceptors (Lipinski definition) is 2. The molecule has 0 spiro atoms. The fraction of sp³-hybridized carbons (Fsp3) is 0.417. The van der Waals surface area contributed by atoms with Crippen LogP contribution in [0.5, 0.6) is 0 Å². The first-order chi connectivity index (χ1) is 7.65. The minimum absolute atomic E-state index is 0.185. The number of nitrogens with two attached hydrogens (primary N) is 1. The van der Waals surface area contributed by atoms with Crippen molar-refractivity contribution in [2.75, 3.05) is 12.4 Å². The first kappa shape index (κ1) is 14.9. The number of carbonyl (C=O) groups is 1. The van der Waals surface area contributed by atoms with Crippen LogP contribution in [0.3, 0.4) is 0 Å². The molecule has 0 saturated carbocycles. The second-order valence-electron chi connectivity index (χ2n) is 3.23. The summed E-state index contributed by atoms with van der Waals surface area (Å²) in [6.07, 6.45) is 0.507. The van der Waals surface area contributed by atoms with E-state index in [1.807, 2.05) is 37.3 Å². The molecule has 3 N–H and O–H groups in total. The highest BCUT2D eigenvalue weighted by Gasteiger charge is 2.15. The van der Waals surface area contributed by atoms with E-state index in [0.717, 1.165) is 11.4 Å². The molecule has 1 atom stereocenters. The molecule has 0 saturated heterocycles. The Kier molecular flexibility index (Phi) is 8.58. The van der Waals surface area contributed by atoms with Crippen molar-refractivity contribution >= 4 is 17.6 Å². The molecule has 4 heteroatoms. The minimum Gasteiger partial charge on any atom is -0.481 e. The molecule has 1 rings (SSSR count). The quantitative estimate of drug-likeness (QED) is 0.797. The number of carboxylic acid groups (broad SMARTS) is 1. The van der Waals surface area contributed by atoms with Crippen LogP contribution in [0.2, 0.25) is 0 Å². The molecule has 1 unspecified atom stereocenters. The Hall–Kier alpha value is -1.06. The normalized spacial score (nSPS) is 11.2. The van der Waals surface area contributed by atoms with E-state index in [1.54, 1.807) is 0 Å². The highest BCUT2D eigenvalue weighted by Crippen LogP contribution is 2.07. The van der Waals surface area contributed by atoms with E-state index in [9.17, 15) is 4.79 Å². The predicted molar refractivity (Wildman–Crippen MR) is 66.7 cm³/mol. The third kappa shape index (κ3) is 6.43. The Morgan fingerprint density at radius 2 is 1.94 bits per heavy atom. The van der Waals surface area contributed by atoms with E-state index in [2.05, 4.69) is 0 Å². The number of hydrogen-bond donors (Lipinski definition) is 2. The van der Waals surface area contributed by atoms with Crippen LogP contribution in [0.4, 0.5) is 0 Å². The van der Waals surface area contributed by atoms with Gasteiger partial charge in [0.05, 0.1) is 5.92 Å². The fourth-order valence-corrected chi connectivity index (χ4v) is 1.17. The van der Waals surface area contributed by atoms with E-state index in [0.29, 0.717) is 6.42 Å². The Balaban J connectivity index is 0.000000673. The summed E-state index contributed by atoms with van der Waals surface area (Å²) in [7, 11) is 0. The maximum atomic E-state index is 10.7. The predicted octanol–water partition coefficient (Wildman–Crippen LogP) is 2.13. The van der Waals surface area contributed by atoms with Gasteiger partial charge in [0.1, 0.15) is 0 Å². The lowest BCUT2D eigenvalue weighted by Crippen LogP contribution is -2.25. The Labute approximate surface area is 101 Å². The molecule has 1 aromatic carbocycles. The number of halogens is 1. The molecule has 3 nitrogen and oxygen atoms in total. The number of rotatable bonds is 4. The summed E-state index contributed by atoms with van der Waals surface area (Å²) in [6, 6.07) is 9.51. The van der Waals surface area contributed by atoms with Crippen molar-refractivity contribution in [3.05, 3.63) is 35.9 Å². The van der Waals surface area contributed by atoms with Crippen molar-refractivity contribution < 1.29 is 9.90 Å². The van der Waals surface area contributed by atoms with Crippen molar-refractivity contribution in [3.63, 3.8) is 0 Å². The van der Waals surface area contributed by atoms with Crippen molar-refractivity contribution in [2.45, 2.75) is 13.3 Å². The summed E-state index contributed by atoms with van der Waals surface area (Å²) in [4.78, 5) is 10.7. The number of aliphatic carboxylic acids is 1. The maximum Gasteiger partial charge on any atom is 0.308 e. The van der Waals surface area contributed by atoms with Crippen molar-refractivity contribution in [1.82, 2.24) is 0 Å². The Bertz CT molecular complexity index is 290. The molecule has 0 aromatic heterocycles. The van der Waals surface area contributed by atoms with Gasteiger partial charge in [0.25, 0.3) is 0 Å². The summed E-state index contributed by atoms with van der Waals surface area (Å²) in [6.45, 7) is 2.08. The summed E-state index contributed by atoms with van der Waals surface area (Å²) >= 11 is 5.00. The van der Waals surface area contributed by atoms with E-state index in [1.165, 1.54) is 0 Å². The molecule has 0 heterocycles. The smallest absolute Gasteiger partial charge is 0.308 e. The van der Waals surface area contributed by atoms with E-state index in [4.69, 9.17) is 22.4 Å². The molecular formula is C12H18ClNO2. The van der Waals surface area contributed by atoms with Crippen LogP contribution in [0.25, 0.3) is 0 Å². The zero-order valence-corrected chi connectivity index (χ0v) is 10.2. The van der Waals surface area contributed by atoms with Gasteiger partial charge in [0.2, 0.25) is 0 Å². The number of carboxylic acids is 1. The minimum atomic E-state index is -0.827. The highest BCUT2D eigenvalue weighted by atomic mass is 35.5. The third-order valence-electron chi connectivity index (χ3n) is 1.96. The second kappa shape index (κ2) is 9.19. The van der Waals surface area contributed by atoms with Crippen LogP contribution in [-0.4, -0.2) is 23.5 Å². The number of alkyl halides is 1. The highest BCUT2D eigenvalue weighted by molar-refractivity contribution is 6.17. The van der Waals surface area contributed by atoms with Crippen LogP contribution in [0, 0.1) is 5.92 Å². The van der Waals surface area contributed by atoms with Gasteiger partial charge in [0.15, 0.2) is 0 Å². The zero-order valence-electron chi connectivity index (χ0n) is 9.40. The molecule has 16 heavy (non-hydrogen) atoms. The largest absolute Gasteiger partial charge is 0.481 e. The van der Waals surface area contributed by atoms with Crippen LogP contribution in [0.15, 0.2) is 30.3 Å². The van der Waals surface area contributed by atoms with Crippen LogP contribution >= 0.6 is 11.6 Å². The molecule has 0 bridgehead atoms. The van der Waals surface area contributed by atoms with Gasteiger partial charge in [-0.05, 0) is 12.0 Å². The van der Waals surface area contributed by atoms with Gasteiger partial charge in [-0.3, -0.25) is 4.79 Å². The van der Waals surface area contributed by atoms with Crippen LogP contribution < -0.4 is 5.73 Å². The van der Waals surface area contributed by atoms with Crippen molar-refractivity contribution in [2.24, 2.45) is 11.7 Å². The summed E-state index contributed by atoms with van der Waals surface area (Å²) in [5.41, 5.74) is 6.35. The van der Waals surface area contributed by atoms with Crippen molar-refractivity contribution in [1.29, 1.82) is 0 Å². The molecule has 0 aliphatic heterocycles. The summed E-state index contributed by atoms with van der Waals surface area (Å²) < 4.78 is 0. The first-order valence-electron chi connectivity index (χ1n) is 5.18. The topological polar surface area (TPSA) is 63.3 Å². The van der Waals surface area contributed by atoms with E-state index in [-0.39, 0.29) is 6.54 Å². The van der Waals surface area contributed by atoms with E-state index >= 15 is 0 Å². The Morgan fingerprint density at radius 1 is 1.44 bits per heavy atom. The molecule has 0 fully saturated rings. The van der Waals surface area contributed by atoms with Crippen LogP contribution in [-0.2, 0) is 11.2 Å². The lowest BCUT2D eigenvalue weighted by Gasteiger charge is -2.08. The summed E-state index contributed by atoms with van der Waals surface area (Å²) in [5.74, 6) is -0.575. The fourth-order valence-electron chi connectivity index (χ4n) is 1.17. The molecule has 0 aliphatic carbocycles. The molecule has 0 radical (unpaired) electrons. The Morgan fingerprint density at radius 3 is 2.31 bits per heavy atom. The third-order valence-corrected chi connectivity index (χ3v) is 1.96. The van der Waals surface area contributed by atoms with Gasteiger partial charge in [-0.2, -0.15) is 0 Å². The zero-order chi connectivity index (χ0) is 12.4. The van der Waals surface area contributed by atoms with Gasteiger partial charge in [-0.1, -0.05) is 37.3 Å². The molecule has 90 valence electrons. The maximum absolute atomic E-state index is 10.7. The molecule has 1 aromatic rings. The number of benzene rings is 1. The van der Waals surface area contributed by atoms with Crippen LogP contribution in [0.1, 0.15) is 12.5 Å². The first-order valence-corrected chi connectivity index (χ1v) is 5.71. The average molecular weight is 244 g/mol. The van der Waals surface area contributed by atoms with E-state index < -0.39 is 11.9 Å². The average Bonchev–Trinajstić information content (AvgIpc) is 2.28. The van der Waals surface area contributed by atoms with Crippen molar-refractivity contribution in [3.8, 4) is 0 Å². The van der Waals surface area contributed by atoms with Gasteiger partial charge < -0.3 is 10.8 Å². The summed E-state index contributed by atoms with van der Waals surface area (Å²) in [5, 5.41) is 8.75. The lowest BCUT2D eigenvalue weighted by atomic mass is 10.00. The molecule has 0 amide bonds.